The van der Waals surface area contributed by atoms with Crippen LogP contribution in [0.4, 0.5) is 0 Å². The highest BCUT2D eigenvalue weighted by atomic mass is 14.2. The van der Waals surface area contributed by atoms with Gasteiger partial charge in [0.25, 0.3) is 0 Å². The molecule has 0 aliphatic carbocycles. The van der Waals surface area contributed by atoms with E-state index in [1.165, 1.54) is 56.9 Å². The maximum atomic E-state index is 4.07. The summed E-state index contributed by atoms with van der Waals surface area (Å²) in [7, 11) is 0. The third-order valence-corrected chi connectivity index (χ3v) is 5.34. The molecule has 0 aliphatic rings. The molecule has 0 rings (SSSR count). The van der Waals surface area contributed by atoms with Gasteiger partial charge in [-0.15, -0.1) is 0 Å². The molecule has 0 saturated carbocycles. The minimum atomic E-state index is 0.588. The summed E-state index contributed by atoms with van der Waals surface area (Å²) in [4.78, 5) is 0. The molecule has 0 bridgehead atoms. The zero-order valence-corrected chi connectivity index (χ0v) is 15.5. The number of hydrogen-bond donors (Lipinski definition) is 0. The smallest absolute Gasteiger partial charge is 0.0196 e. The molecule has 124 valence electrons. The Morgan fingerprint density at radius 3 is 1.95 bits per heavy atom. The van der Waals surface area contributed by atoms with Gasteiger partial charge in [-0.05, 0) is 36.5 Å². The second-order valence-corrected chi connectivity index (χ2v) is 7.39. The van der Waals surface area contributed by atoms with Gasteiger partial charge in [-0.25, -0.2) is 0 Å². The Hall–Kier alpha value is -0.520. The van der Waals surface area contributed by atoms with Crippen molar-refractivity contribution in [1.82, 2.24) is 0 Å². The highest BCUT2D eigenvalue weighted by molar-refractivity contribution is 5.13. The van der Waals surface area contributed by atoms with Crippen LogP contribution in [0.2, 0.25) is 0 Å². The lowest BCUT2D eigenvalue weighted by Crippen LogP contribution is -2.11. The van der Waals surface area contributed by atoms with E-state index in [-0.39, 0.29) is 0 Å². The second kappa shape index (κ2) is 12.1. The van der Waals surface area contributed by atoms with Crippen LogP contribution < -0.4 is 0 Å². The van der Waals surface area contributed by atoms with Gasteiger partial charge in [-0.1, -0.05) is 98.0 Å². The topological polar surface area (TPSA) is 0 Å². The van der Waals surface area contributed by atoms with Gasteiger partial charge < -0.3 is 0 Å². The fourth-order valence-corrected chi connectivity index (χ4v) is 2.90. The summed E-state index contributed by atoms with van der Waals surface area (Å²) in [6.45, 7) is 19.8. The maximum absolute atomic E-state index is 4.07. The van der Waals surface area contributed by atoms with Crippen molar-refractivity contribution in [1.29, 1.82) is 0 Å². The van der Waals surface area contributed by atoms with Crippen molar-refractivity contribution in [3.05, 3.63) is 24.8 Å². The highest BCUT2D eigenvalue weighted by Gasteiger charge is 2.15. The molecule has 0 heterocycles. The predicted molar refractivity (Wildman–Crippen MR) is 98.6 cm³/mol. The summed E-state index contributed by atoms with van der Waals surface area (Å²) in [6.07, 6.45) is 12.9. The quantitative estimate of drug-likeness (QED) is 0.245. The summed E-state index contributed by atoms with van der Waals surface area (Å²) in [5.74, 6) is 3.17. The Bertz CT molecular complexity index is 276. The molecule has 0 heteroatoms. The van der Waals surface area contributed by atoms with Crippen LogP contribution in [0, 0.1) is 23.7 Å². The Morgan fingerprint density at radius 1 is 0.857 bits per heavy atom. The van der Waals surface area contributed by atoms with E-state index in [2.05, 4.69) is 47.8 Å². The first-order valence-electron chi connectivity index (χ1n) is 9.23. The Morgan fingerprint density at radius 2 is 1.43 bits per heavy atom. The fourth-order valence-electron chi connectivity index (χ4n) is 2.90. The molecule has 0 aromatic carbocycles. The van der Waals surface area contributed by atoms with Crippen molar-refractivity contribution in [3.8, 4) is 0 Å². The molecule has 0 aromatic heterocycles. The van der Waals surface area contributed by atoms with E-state index in [1.54, 1.807) is 0 Å². The van der Waals surface area contributed by atoms with E-state index >= 15 is 0 Å². The Balaban J connectivity index is 3.86. The van der Waals surface area contributed by atoms with Gasteiger partial charge in [-0.2, -0.15) is 0 Å². The molecule has 0 nitrogen and oxygen atoms in total. The van der Waals surface area contributed by atoms with Gasteiger partial charge in [0, 0.05) is 0 Å². The average Bonchev–Trinajstić information content (AvgIpc) is 2.49. The molecular formula is C21H40. The molecule has 0 aliphatic heterocycles. The van der Waals surface area contributed by atoms with Crippen LogP contribution in [0.1, 0.15) is 86.0 Å². The lowest BCUT2D eigenvalue weighted by molar-refractivity contribution is 0.297. The second-order valence-electron chi connectivity index (χ2n) is 7.39. The third kappa shape index (κ3) is 9.93. The molecule has 0 spiro atoms. The van der Waals surface area contributed by atoms with Crippen molar-refractivity contribution in [2.24, 2.45) is 23.7 Å². The Kier molecular flexibility index (Phi) is 11.8. The lowest BCUT2D eigenvalue weighted by atomic mass is 9.83. The third-order valence-electron chi connectivity index (χ3n) is 5.34. The molecule has 4 unspecified atom stereocenters. The molecule has 0 saturated heterocycles. The minimum absolute atomic E-state index is 0.588. The normalized spacial score (nSPS) is 17.0. The van der Waals surface area contributed by atoms with E-state index < -0.39 is 0 Å². The van der Waals surface area contributed by atoms with Gasteiger partial charge in [0.15, 0.2) is 0 Å². The summed E-state index contributed by atoms with van der Waals surface area (Å²) in [5.41, 5.74) is 1.19. The summed E-state index contributed by atoms with van der Waals surface area (Å²) in [6, 6.07) is 0. The molecule has 0 aromatic rings. The standard InChI is InChI=1S/C21H40/c1-8-10-11-12-17(3)13-14-20(6)21(7)16-15-19(5)18(4)9-2/h9,17,19-21H,2,4,8,10-16H2,1,3,5-7H3. The molecule has 0 radical (unpaired) electrons. The molecular weight excluding hydrogens is 252 g/mol. The van der Waals surface area contributed by atoms with Gasteiger partial charge in [0.05, 0.1) is 0 Å². The van der Waals surface area contributed by atoms with Gasteiger partial charge in [0.1, 0.15) is 0 Å². The zero-order valence-electron chi connectivity index (χ0n) is 15.5. The zero-order chi connectivity index (χ0) is 16.3. The maximum Gasteiger partial charge on any atom is -0.0196 e. The predicted octanol–water partition coefficient (Wildman–Crippen LogP) is 7.41. The van der Waals surface area contributed by atoms with E-state index in [0.717, 1.165) is 17.8 Å². The summed E-state index contributed by atoms with van der Waals surface area (Å²) in [5, 5.41) is 0. The van der Waals surface area contributed by atoms with E-state index in [0.29, 0.717) is 5.92 Å². The SMILES string of the molecule is C=CC(=C)C(C)CCC(C)C(C)CCC(C)CCCCC. The minimum Gasteiger partial charge on any atom is -0.0988 e. The Labute approximate surface area is 135 Å². The van der Waals surface area contributed by atoms with Crippen LogP contribution in [0.3, 0.4) is 0 Å². The van der Waals surface area contributed by atoms with E-state index in [9.17, 15) is 0 Å². The van der Waals surface area contributed by atoms with Gasteiger partial charge in [-0.3, -0.25) is 0 Å². The largest absolute Gasteiger partial charge is 0.0988 e. The van der Waals surface area contributed by atoms with Crippen molar-refractivity contribution in [2.45, 2.75) is 86.0 Å². The molecule has 0 N–H and O–H groups in total. The van der Waals surface area contributed by atoms with Crippen LogP contribution in [-0.4, -0.2) is 0 Å². The van der Waals surface area contributed by atoms with Crippen LogP contribution in [0.25, 0.3) is 0 Å². The number of rotatable bonds is 13. The molecule has 21 heavy (non-hydrogen) atoms. The van der Waals surface area contributed by atoms with Crippen molar-refractivity contribution in [2.75, 3.05) is 0 Å². The summed E-state index contributed by atoms with van der Waals surface area (Å²) < 4.78 is 0. The van der Waals surface area contributed by atoms with E-state index in [4.69, 9.17) is 0 Å². The molecule has 4 atom stereocenters. The molecule has 0 amide bonds. The highest BCUT2D eigenvalue weighted by Crippen LogP contribution is 2.27. The lowest BCUT2D eigenvalue weighted by Gasteiger charge is -2.23. The van der Waals surface area contributed by atoms with Crippen LogP contribution in [-0.2, 0) is 0 Å². The first-order valence-corrected chi connectivity index (χ1v) is 9.23. The van der Waals surface area contributed by atoms with Crippen LogP contribution in [0.15, 0.2) is 24.8 Å². The first kappa shape index (κ1) is 20.5. The fraction of sp³-hybridized carbons (Fsp3) is 0.810. The van der Waals surface area contributed by atoms with Crippen LogP contribution >= 0.6 is 0 Å². The van der Waals surface area contributed by atoms with E-state index in [1.807, 2.05) is 6.08 Å². The van der Waals surface area contributed by atoms with Crippen LogP contribution in [0.5, 0.6) is 0 Å². The summed E-state index contributed by atoms with van der Waals surface area (Å²) >= 11 is 0. The van der Waals surface area contributed by atoms with Crippen molar-refractivity contribution in [3.63, 3.8) is 0 Å². The number of unbranched alkanes of at least 4 members (excludes halogenated alkanes) is 2. The first-order chi connectivity index (χ1) is 9.92. The van der Waals surface area contributed by atoms with Crippen molar-refractivity contribution >= 4 is 0 Å². The number of hydrogen-bond acceptors (Lipinski definition) is 0. The average molecular weight is 293 g/mol. The van der Waals surface area contributed by atoms with Gasteiger partial charge in [0.2, 0.25) is 0 Å². The monoisotopic (exact) mass is 292 g/mol. The molecule has 0 fully saturated rings. The van der Waals surface area contributed by atoms with Gasteiger partial charge >= 0.3 is 0 Å². The van der Waals surface area contributed by atoms with Crippen molar-refractivity contribution < 1.29 is 0 Å². The number of allylic oxidation sites excluding steroid dienone is 2.